The molecule has 0 N–H and O–H groups in total. The summed E-state index contributed by atoms with van der Waals surface area (Å²) in [6, 6.07) is 11.7. The van der Waals surface area contributed by atoms with Crippen LogP contribution in [0.25, 0.3) is 0 Å². The van der Waals surface area contributed by atoms with E-state index in [1.54, 1.807) is 18.4 Å². The molecule has 1 aromatic heterocycles. The lowest BCUT2D eigenvalue weighted by atomic mass is 9.98. The van der Waals surface area contributed by atoms with Gasteiger partial charge in [-0.1, -0.05) is 12.1 Å². The van der Waals surface area contributed by atoms with Gasteiger partial charge in [-0.15, -0.1) is 11.3 Å². The second-order valence-corrected chi connectivity index (χ2v) is 7.13. The minimum Gasteiger partial charge on any atom is -0.497 e. The van der Waals surface area contributed by atoms with Gasteiger partial charge in [0.2, 0.25) is 5.91 Å². The Bertz CT molecular complexity index is 656. The summed E-state index contributed by atoms with van der Waals surface area (Å²) >= 11 is 1.64. The average Bonchev–Trinajstić information content (AvgIpc) is 3.13. The van der Waals surface area contributed by atoms with Crippen LogP contribution in [0.3, 0.4) is 0 Å². The highest BCUT2D eigenvalue weighted by Crippen LogP contribution is 2.22. The number of carbonyl (C=O) groups is 1. The molecule has 0 spiro atoms. The summed E-state index contributed by atoms with van der Waals surface area (Å²) in [7, 11) is 1.65. The van der Waals surface area contributed by atoms with Crippen LogP contribution in [0.4, 0.5) is 0 Å². The van der Waals surface area contributed by atoms with Gasteiger partial charge in [-0.05, 0) is 36.4 Å². The third-order valence-electron chi connectivity index (χ3n) is 4.30. The summed E-state index contributed by atoms with van der Waals surface area (Å²) in [6.07, 6.45) is 2.66. The number of ether oxygens (including phenoxy) is 2. The van der Waals surface area contributed by atoms with E-state index in [4.69, 9.17) is 9.47 Å². The molecule has 1 aliphatic heterocycles. The van der Waals surface area contributed by atoms with Crippen LogP contribution < -0.4 is 9.47 Å². The van der Waals surface area contributed by atoms with Crippen LogP contribution in [-0.2, 0) is 11.2 Å². The zero-order valence-electron chi connectivity index (χ0n) is 13.9. The molecule has 4 nitrogen and oxygen atoms in total. The third kappa shape index (κ3) is 4.51. The van der Waals surface area contributed by atoms with Gasteiger partial charge in [-0.3, -0.25) is 4.79 Å². The van der Waals surface area contributed by atoms with Crippen molar-refractivity contribution in [2.45, 2.75) is 19.3 Å². The fourth-order valence-corrected chi connectivity index (χ4v) is 3.70. The van der Waals surface area contributed by atoms with E-state index < -0.39 is 0 Å². The number of methoxy groups -OCH3 is 1. The van der Waals surface area contributed by atoms with Crippen molar-refractivity contribution < 1.29 is 14.3 Å². The van der Waals surface area contributed by atoms with Gasteiger partial charge in [0.1, 0.15) is 11.5 Å². The van der Waals surface area contributed by atoms with Crippen molar-refractivity contribution in [1.82, 2.24) is 4.90 Å². The summed E-state index contributed by atoms with van der Waals surface area (Å²) in [5.41, 5.74) is 0. The number of thiophene rings is 1. The SMILES string of the molecule is COc1cccc(OC[C@@H]2CCCN(C(=O)Cc3cccs3)C2)c1. The van der Waals surface area contributed by atoms with E-state index in [-0.39, 0.29) is 5.91 Å². The van der Waals surface area contributed by atoms with Crippen LogP contribution in [0.5, 0.6) is 11.5 Å². The molecule has 0 bridgehead atoms. The zero-order chi connectivity index (χ0) is 16.8. The topological polar surface area (TPSA) is 38.8 Å². The fraction of sp³-hybridized carbons (Fsp3) is 0.421. The van der Waals surface area contributed by atoms with E-state index in [9.17, 15) is 4.79 Å². The highest BCUT2D eigenvalue weighted by Gasteiger charge is 2.24. The standard InChI is InChI=1S/C19H23NO3S/c1-22-16-6-2-7-17(11-16)23-14-15-5-3-9-20(13-15)19(21)12-18-8-4-10-24-18/h2,4,6-8,10-11,15H,3,5,9,12-14H2,1H3/t15-/m1/s1. The number of nitrogens with zero attached hydrogens (tertiary/aromatic N) is 1. The van der Waals surface area contributed by atoms with Gasteiger partial charge in [0.05, 0.1) is 20.1 Å². The Morgan fingerprint density at radius 2 is 2.17 bits per heavy atom. The predicted octanol–water partition coefficient (Wildman–Crippen LogP) is 3.62. The van der Waals surface area contributed by atoms with E-state index >= 15 is 0 Å². The van der Waals surface area contributed by atoms with E-state index in [1.165, 1.54) is 0 Å². The first-order valence-corrected chi connectivity index (χ1v) is 9.19. The number of amides is 1. The van der Waals surface area contributed by atoms with Crippen molar-refractivity contribution in [2.24, 2.45) is 5.92 Å². The maximum Gasteiger partial charge on any atom is 0.227 e. The Hall–Kier alpha value is -2.01. The molecule has 2 aromatic rings. The molecular formula is C19H23NO3S. The Labute approximate surface area is 147 Å². The molecule has 5 heteroatoms. The summed E-state index contributed by atoms with van der Waals surface area (Å²) in [4.78, 5) is 15.6. The molecule has 0 unspecified atom stereocenters. The Balaban J connectivity index is 1.50. The van der Waals surface area contributed by atoms with Crippen LogP contribution in [0.15, 0.2) is 41.8 Å². The van der Waals surface area contributed by atoms with E-state index in [2.05, 4.69) is 0 Å². The molecule has 24 heavy (non-hydrogen) atoms. The highest BCUT2D eigenvalue weighted by molar-refractivity contribution is 7.10. The van der Waals surface area contributed by atoms with Gasteiger partial charge in [0.25, 0.3) is 0 Å². The summed E-state index contributed by atoms with van der Waals surface area (Å²) in [6.45, 7) is 2.28. The lowest BCUT2D eigenvalue weighted by Gasteiger charge is -2.32. The Morgan fingerprint density at radius 1 is 1.29 bits per heavy atom. The molecule has 0 aliphatic carbocycles. The predicted molar refractivity (Wildman–Crippen MR) is 95.8 cm³/mol. The van der Waals surface area contributed by atoms with Crippen LogP contribution in [-0.4, -0.2) is 37.6 Å². The number of carbonyl (C=O) groups excluding carboxylic acids is 1. The molecule has 0 saturated carbocycles. The first-order chi connectivity index (χ1) is 11.7. The maximum atomic E-state index is 12.4. The number of piperidine rings is 1. The molecule has 1 atom stereocenters. The van der Waals surface area contributed by atoms with E-state index in [0.717, 1.165) is 42.3 Å². The van der Waals surface area contributed by atoms with Crippen LogP contribution >= 0.6 is 11.3 Å². The van der Waals surface area contributed by atoms with Crippen molar-refractivity contribution in [1.29, 1.82) is 0 Å². The third-order valence-corrected chi connectivity index (χ3v) is 5.18. The van der Waals surface area contributed by atoms with Gasteiger partial charge in [-0.2, -0.15) is 0 Å². The second kappa shape index (κ2) is 8.20. The molecule has 1 aliphatic rings. The molecule has 1 saturated heterocycles. The van der Waals surface area contributed by atoms with Crippen molar-refractivity contribution in [3.8, 4) is 11.5 Å². The average molecular weight is 345 g/mol. The maximum absolute atomic E-state index is 12.4. The number of benzene rings is 1. The smallest absolute Gasteiger partial charge is 0.227 e. The summed E-state index contributed by atoms with van der Waals surface area (Å²) < 4.78 is 11.1. The molecule has 3 rings (SSSR count). The first kappa shape index (κ1) is 16.8. The van der Waals surface area contributed by atoms with Gasteiger partial charge in [0.15, 0.2) is 0 Å². The van der Waals surface area contributed by atoms with Crippen molar-refractivity contribution in [2.75, 3.05) is 26.8 Å². The van der Waals surface area contributed by atoms with Crippen LogP contribution in [0.2, 0.25) is 0 Å². The molecule has 1 fully saturated rings. The van der Waals surface area contributed by atoms with Crippen LogP contribution in [0, 0.1) is 5.92 Å². The van der Waals surface area contributed by atoms with Crippen molar-refractivity contribution >= 4 is 17.2 Å². The first-order valence-electron chi connectivity index (χ1n) is 8.31. The van der Waals surface area contributed by atoms with Gasteiger partial charge in [0, 0.05) is 30.0 Å². The lowest BCUT2D eigenvalue weighted by Crippen LogP contribution is -2.42. The number of likely N-dealkylation sites (tertiary alicyclic amines) is 1. The van der Waals surface area contributed by atoms with Crippen LogP contribution in [0.1, 0.15) is 17.7 Å². The number of hydrogen-bond acceptors (Lipinski definition) is 4. The zero-order valence-corrected chi connectivity index (χ0v) is 14.8. The molecule has 128 valence electrons. The molecule has 1 amide bonds. The molecule has 1 aromatic carbocycles. The monoisotopic (exact) mass is 345 g/mol. The fourth-order valence-electron chi connectivity index (χ4n) is 3.01. The minimum absolute atomic E-state index is 0.225. The normalized spacial score (nSPS) is 17.5. The molecule has 0 radical (unpaired) electrons. The highest BCUT2D eigenvalue weighted by atomic mass is 32.1. The summed E-state index contributed by atoms with van der Waals surface area (Å²) in [5, 5.41) is 2.02. The number of rotatable bonds is 6. The largest absolute Gasteiger partial charge is 0.497 e. The minimum atomic E-state index is 0.225. The molecule has 2 heterocycles. The second-order valence-electron chi connectivity index (χ2n) is 6.09. The van der Waals surface area contributed by atoms with Gasteiger partial charge in [-0.25, -0.2) is 0 Å². The van der Waals surface area contributed by atoms with E-state index in [0.29, 0.717) is 18.9 Å². The Morgan fingerprint density at radius 3 is 2.96 bits per heavy atom. The summed E-state index contributed by atoms with van der Waals surface area (Å²) in [5.74, 6) is 2.22. The Kier molecular flexibility index (Phi) is 5.75. The van der Waals surface area contributed by atoms with Crippen molar-refractivity contribution in [3.63, 3.8) is 0 Å². The molecular weight excluding hydrogens is 322 g/mol. The van der Waals surface area contributed by atoms with Crippen molar-refractivity contribution in [3.05, 3.63) is 46.7 Å². The van der Waals surface area contributed by atoms with Gasteiger partial charge < -0.3 is 14.4 Å². The number of hydrogen-bond donors (Lipinski definition) is 0. The lowest BCUT2D eigenvalue weighted by molar-refractivity contribution is -0.132. The van der Waals surface area contributed by atoms with E-state index in [1.807, 2.05) is 46.7 Å². The van der Waals surface area contributed by atoms with Gasteiger partial charge >= 0.3 is 0 Å². The quantitative estimate of drug-likeness (QED) is 0.803.